The summed E-state index contributed by atoms with van der Waals surface area (Å²) in [5, 5.41) is 17.8. The van der Waals surface area contributed by atoms with Crippen LogP contribution in [0.5, 0.6) is 0 Å². The van der Waals surface area contributed by atoms with Crippen LogP contribution in [-0.2, 0) is 11.2 Å². The Hall–Kier alpha value is -1.47. The highest BCUT2D eigenvalue weighted by molar-refractivity contribution is 7.99. The van der Waals surface area contributed by atoms with Gasteiger partial charge in [0.25, 0.3) is 0 Å². The second-order valence-corrected chi connectivity index (χ2v) is 6.19. The number of thioether (sulfide) groups is 2. The van der Waals surface area contributed by atoms with Gasteiger partial charge in [-0.15, -0.1) is 22.0 Å². The van der Waals surface area contributed by atoms with E-state index >= 15 is 0 Å². The molecule has 7 heteroatoms. The highest BCUT2D eigenvalue weighted by Gasteiger charge is 2.15. The van der Waals surface area contributed by atoms with E-state index < -0.39 is 5.97 Å². The van der Waals surface area contributed by atoms with E-state index in [1.54, 1.807) is 11.8 Å². The highest BCUT2D eigenvalue weighted by Crippen LogP contribution is 2.25. The highest BCUT2D eigenvalue weighted by atomic mass is 32.2. The quantitative estimate of drug-likeness (QED) is 0.790. The SMILES string of the molecule is CCCc1nnc(SCC(=O)O)n1-c1cccc(SC)c1. The summed E-state index contributed by atoms with van der Waals surface area (Å²) in [5.41, 5.74) is 0.975. The minimum Gasteiger partial charge on any atom is -0.481 e. The number of aliphatic carboxylic acids is 1. The molecule has 0 bridgehead atoms. The lowest BCUT2D eigenvalue weighted by Crippen LogP contribution is -2.05. The van der Waals surface area contributed by atoms with Gasteiger partial charge in [-0.1, -0.05) is 24.8 Å². The molecule has 0 aliphatic heterocycles. The van der Waals surface area contributed by atoms with Crippen molar-refractivity contribution in [3.8, 4) is 5.69 Å². The number of hydrogen-bond acceptors (Lipinski definition) is 5. The van der Waals surface area contributed by atoms with Crippen LogP contribution in [0.25, 0.3) is 5.69 Å². The number of aromatic nitrogens is 3. The lowest BCUT2D eigenvalue weighted by Gasteiger charge is -2.10. The van der Waals surface area contributed by atoms with Crippen molar-refractivity contribution in [2.75, 3.05) is 12.0 Å². The Bertz CT molecular complexity index is 628. The Labute approximate surface area is 132 Å². The van der Waals surface area contributed by atoms with Crippen LogP contribution in [0.1, 0.15) is 19.2 Å². The minimum atomic E-state index is -0.857. The fourth-order valence-electron chi connectivity index (χ4n) is 1.91. The van der Waals surface area contributed by atoms with Crippen LogP contribution in [-0.4, -0.2) is 37.8 Å². The van der Waals surface area contributed by atoms with E-state index in [9.17, 15) is 4.79 Å². The molecule has 0 radical (unpaired) electrons. The summed E-state index contributed by atoms with van der Waals surface area (Å²) < 4.78 is 1.96. The van der Waals surface area contributed by atoms with Crippen molar-refractivity contribution in [3.05, 3.63) is 30.1 Å². The molecule has 112 valence electrons. The molecule has 0 spiro atoms. The van der Waals surface area contributed by atoms with Crippen molar-refractivity contribution in [1.82, 2.24) is 14.8 Å². The van der Waals surface area contributed by atoms with Crippen molar-refractivity contribution in [2.24, 2.45) is 0 Å². The zero-order valence-corrected chi connectivity index (χ0v) is 13.6. The van der Waals surface area contributed by atoms with Crippen LogP contribution in [0.2, 0.25) is 0 Å². The number of carbonyl (C=O) groups is 1. The van der Waals surface area contributed by atoms with Gasteiger partial charge in [0.2, 0.25) is 0 Å². The first kappa shape index (κ1) is 15.9. The molecule has 0 aliphatic carbocycles. The molecule has 1 aromatic carbocycles. The molecule has 1 N–H and O–H groups in total. The van der Waals surface area contributed by atoms with Crippen molar-refractivity contribution in [3.63, 3.8) is 0 Å². The van der Waals surface area contributed by atoms with Crippen molar-refractivity contribution >= 4 is 29.5 Å². The van der Waals surface area contributed by atoms with Crippen LogP contribution in [0.4, 0.5) is 0 Å². The van der Waals surface area contributed by atoms with Crippen LogP contribution in [0, 0.1) is 0 Å². The zero-order valence-electron chi connectivity index (χ0n) is 11.9. The molecular weight excluding hydrogens is 306 g/mol. The molecule has 0 aliphatic rings. The molecular formula is C14H17N3O2S2. The molecule has 5 nitrogen and oxygen atoms in total. The van der Waals surface area contributed by atoms with E-state index in [2.05, 4.69) is 23.2 Å². The molecule has 0 saturated carbocycles. The largest absolute Gasteiger partial charge is 0.481 e. The van der Waals surface area contributed by atoms with Crippen LogP contribution in [0.15, 0.2) is 34.3 Å². The molecule has 2 aromatic rings. The minimum absolute atomic E-state index is 0.0214. The number of nitrogens with zero attached hydrogens (tertiary/aromatic N) is 3. The summed E-state index contributed by atoms with van der Waals surface area (Å²) >= 11 is 2.86. The fourth-order valence-corrected chi connectivity index (χ4v) is 3.06. The first-order valence-electron chi connectivity index (χ1n) is 6.59. The normalized spacial score (nSPS) is 10.8. The molecule has 2 rings (SSSR count). The predicted octanol–water partition coefficient (Wildman–Crippen LogP) is 3.12. The Morgan fingerprint density at radius 3 is 2.86 bits per heavy atom. The molecule has 0 unspecified atom stereocenters. The molecule has 1 heterocycles. The second kappa shape index (κ2) is 7.51. The summed E-state index contributed by atoms with van der Waals surface area (Å²) in [4.78, 5) is 11.9. The molecule has 21 heavy (non-hydrogen) atoms. The van der Waals surface area contributed by atoms with Gasteiger partial charge in [-0.2, -0.15) is 0 Å². The predicted molar refractivity (Wildman–Crippen MR) is 85.5 cm³/mol. The molecule has 1 aromatic heterocycles. The summed E-state index contributed by atoms with van der Waals surface area (Å²) in [6.45, 7) is 2.08. The maximum Gasteiger partial charge on any atom is 0.313 e. The number of carboxylic acids is 1. The molecule has 0 atom stereocenters. The van der Waals surface area contributed by atoms with Crippen molar-refractivity contribution < 1.29 is 9.90 Å². The Morgan fingerprint density at radius 2 is 2.19 bits per heavy atom. The van der Waals surface area contributed by atoms with Gasteiger partial charge in [-0.05, 0) is 30.9 Å². The van der Waals surface area contributed by atoms with Gasteiger partial charge in [0.05, 0.1) is 11.4 Å². The third-order valence-corrected chi connectivity index (χ3v) is 4.45. The number of carboxylic acid groups (broad SMARTS) is 1. The monoisotopic (exact) mass is 323 g/mol. The third-order valence-electron chi connectivity index (χ3n) is 2.81. The van der Waals surface area contributed by atoms with Gasteiger partial charge in [-0.3, -0.25) is 9.36 Å². The Morgan fingerprint density at radius 1 is 1.38 bits per heavy atom. The van der Waals surface area contributed by atoms with Gasteiger partial charge in [0.1, 0.15) is 5.82 Å². The lowest BCUT2D eigenvalue weighted by atomic mass is 10.3. The van der Waals surface area contributed by atoms with Gasteiger partial charge in [0, 0.05) is 11.3 Å². The first-order valence-corrected chi connectivity index (χ1v) is 8.80. The number of aryl methyl sites for hydroxylation is 1. The molecule has 0 saturated heterocycles. The van der Waals surface area contributed by atoms with E-state index in [0.29, 0.717) is 5.16 Å². The van der Waals surface area contributed by atoms with E-state index in [1.165, 1.54) is 11.8 Å². The van der Waals surface area contributed by atoms with Crippen LogP contribution < -0.4 is 0 Å². The lowest BCUT2D eigenvalue weighted by molar-refractivity contribution is -0.133. The Balaban J connectivity index is 2.41. The Kier molecular flexibility index (Phi) is 5.69. The van der Waals surface area contributed by atoms with E-state index in [4.69, 9.17) is 5.11 Å². The molecule has 0 fully saturated rings. The van der Waals surface area contributed by atoms with E-state index in [0.717, 1.165) is 29.2 Å². The van der Waals surface area contributed by atoms with Crippen molar-refractivity contribution in [1.29, 1.82) is 0 Å². The van der Waals surface area contributed by atoms with Crippen LogP contribution in [0.3, 0.4) is 0 Å². The smallest absolute Gasteiger partial charge is 0.313 e. The van der Waals surface area contributed by atoms with Gasteiger partial charge in [-0.25, -0.2) is 0 Å². The van der Waals surface area contributed by atoms with E-state index in [1.807, 2.05) is 29.0 Å². The first-order chi connectivity index (χ1) is 10.2. The maximum absolute atomic E-state index is 10.8. The third kappa shape index (κ3) is 4.01. The second-order valence-electron chi connectivity index (χ2n) is 4.37. The number of benzene rings is 1. The standard InChI is InChI=1S/C14H17N3O2S2/c1-3-5-12-15-16-14(21-9-13(18)19)17(12)10-6-4-7-11(8-10)20-2/h4,6-8H,3,5,9H2,1-2H3,(H,18,19). The van der Waals surface area contributed by atoms with Crippen molar-refractivity contribution in [2.45, 2.75) is 29.8 Å². The van der Waals surface area contributed by atoms with Crippen LogP contribution >= 0.6 is 23.5 Å². The fraction of sp³-hybridized carbons (Fsp3) is 0.357. The van der Waals surface area contributed by atoms with E-state index in [-0.39, 0.29) is 5.75 Å². The number of rotatable bonds is 7. The van der Waals surface area contributed by atoms with Gasteiger partial charge < -0.3 is 5.11 Å². The van der Waals surface area contributed by atoms with Gasteiger partial charge >= 0.3 is 5.97 Å². The summed E-state index contributed by atoms with van der Waals surface area (Å²) in [5.74, 6) is -0.0139. The van der Waals surface area contributed by atoms with Gasteiger partial charge in [0.15, 0.2) is 5.16 Å². The molecule has 0 amide bonds. The average Bonchev–Trinajstić information content (AvgIpc) is 2.88. The zero-order chi connectivity index (χ0) is 15.2. The average molecular weight is 323 g/mol. The maximum atomic E-state index is 10.8. The topological polar surface area (TPSA) is 68.0 Å². The summed E-state index contributed by atoms with van der Waals surface area (Å²) in [6.07, 6.45) is 3.80. The summed E-state index contributed by atoms with van der Waals surface area (Å²) in [7, 11) is 0. The summed E-state index contributed by atoms with van der Waals surface area (Å²) in [6, 6.07) is 8.09. The number of hydrogen-bond donors (Lipinski definition) is 1.